The topological polar surface area (TPSA) is 105 Å². The van der Waals surface area contributed by atoms with Gasteiger partial charge in [-0.05, 0) is 18.6 Å². The molecule has 3 aliphatic rings. The molecule has 5 rings (SSSR count). The predicted molar refractivity (Wildman–Crippen MR) is 112 cm³/mol. The third-order valence-electron chi connectivity index (χ3n) is 6.53. The first-order chi connectivity index (χ1) is 15.1. The summed E-state index contributed by atoms with van der Waals surface area (Å²) in [7, 11) is 0. The van der Waals surface area contributed by atoms with Crippen molar-refractivity contribution in [2.24, 2.45) is 0 Å². The van der Waals surface area contributed by atoms with Crippen LogP contribution in [0.1, 0.15) is 38.4 Å². The van der Waals surface area contributed by atoms with E-state index in [0.29, 0.717) is 32.5 Å². The first-order valence-corrected chi connectivity index (χ1v) is 10.8. The van der Waals surface area contributed by atoms with E-state index in [1.807, 2.05) is 28.0 Å². The highest BCUT2D eigenvalue weighted by molar-refractivity contribution is 5.84. The number of aromatic nitrogens is 2. The van der Waals surface area contributed by atoms with Gasteiger partial charge in [0.25, 0.3) is 6.47 Å². The molecule has 2 aromatic rings. The molecule has 9 nitrogen and oxygen atoms in total. The van der Waals surface area contributed by atoms with Crippen molar-refractivity contribution < 1.29 is 24.2 Å². The Labute approximate surface area is 180 Å². The first kappa shape index (κ1) is 21.3. The van der Waals surface area contributed by atoms with E-state index in [1.165, 1.54) is 0 Å². The smallest absolute Gasteiger partial charge is 0.290 e. The number of rotatable bonds is 4. The molecule has 1 aromatic heterocycles. The van der Waals surface area contributed by atoms with Crippen LogP contribution in [-0.4, -0.2) is 74.2 Å². The van der Waals surface area contributed by atoms with Gasteiger partial charge in [0, 0.05) is 38.9 Å². The highest BCUT2D eigenvalue weighted by Crippen LogP contribution is 2.45. The number of fused-ring (bicyclic) bond motifs is 1. The maximum absolute atomic E-state index is 13.1. The first-order valence-electron chi connectivity index (χ1n) is 10.8. The van der Waals surface area contributed by atoms with Crippen LogP contribution in [0.25, 0.3) is 11.0 Å². The molecule has 1 N–H and O–H groups in total. The van der Waals surface area contributed by atoms with Crippen molar-refractivity contribution in [1.29, 1.82) is 0 Å². The minimum Gasteiger partial charge on any atom is -0.483 e. The lowest BCUT2D eigenvalue weighted by Gasteiger charge is -2.42. The zero-order chi connectivity index (χ0) is 22.0. The SMILES string of the molecule is CCc1nc2ccccc2n1CCC(=O)N1CC[C@@]23OCCCN2C(=O)C[C@@H]13.O=CO. The number of likely N-dealkylation sites (tertiary alicyclic amines) is 1. The highest BCUT2D eigenvalue weighted by Gasteiger charge is 2.61. The molecule has 31 heavy (non-hydrogen) atoms. The molecule has 0 aliphatic carbocycles. The molecule has 166 valence electrons. The van der Waals surface area contributed by atoms with Gasteiger partial charge in [-0.3, -0.25) is 14.4 Å². The fraction of sp³-hybridized carbons (Fsp3) is 0.545. The summed E-state index contributed by atoms with van der Waals surface area (Å²) in [6.45, 7) is 4.53. The highest BCUT2D eigenvalue weighted by atomic mass is 16.5. The summed E-state index contributed by atoms with van der Waals surface area (Å²) in [5.41, 5.74) is 1.48. The second kappa shape index (κ2) is 8.66. The molecule has 0 radical (unpaired) electrons. The van der Waals surface area contributed by atoms with E-state index in [9.17, 15) is 9.59 Å². The molecule has 9 heteroatoms. The minimum atomic E-state index is -0.568. The van der Waals surface area contributed by atoms with Gasteiger partial charge >= 0.3 is 0 Å². The molecule has 2 amide bonds. The summed E-state index contributed by atoms with van der Waals surface area (Å²) < 4.78 is 8.26. The van der Waals surface area contributed by atoms with Crippen molar-refractivity contribution in [3.63, 3.8) is 0 Å². The molecular weight excluding hydrogens is 400 g/mol. The molecule has 1 aromatic carbocycles. The Balaban J connectivity index is 0.000000730. The Morgan fingerprint density at radius 2 is 2.13 bits per heavy atom. The summed E-state index contributed by atoms with van der Waals surface area (Å²) in [4.78, 5) is 42.4. The number of hydrogen-bond acceptors (Lipinski definition) is 5. The predicted octanol–water partition coefficient (Wildman–Crippen LogP) is 1.64. The normalized spacial score (nSPS) is 24.5. The van der Waals surface area contributed by atoms with Gasteiger partial charge in [-0.2, -0.15) is 0 Å². The molecule has 3 fully saturated rings. The molecule has 0 unspecified atom stereocenters. The molecular formula is C22H28N4O5. The van der Waals surface area contributed by atoms with Gasteiger partial charge in [0.05, 0.1) is 30.1 Å². The quantitative estimate of drug-likeness (QED) is 0.743. The van der Waals surface area contributed by atoms with Crippen LogP contribution in [0.5, 0.6) is 0 Å². The number of para-hydroxylation sites is 2. The lowest BCUT2D eigenvalue weighted by molar-refractivity contribution is -0.181. The molecule has 4 heterocycles. The van der Waals surface area contributed by atoms with Crippen LogP contribution in [0.4, 0.5) is 0 Å². The second-order valence-corrected chi connectivity index (χ2v) is 8.03. The third kappa shape index (κ3) is 3.56. The van der Waals surface area contributed by atoms with Crippen LogP contribution in [0.15, 0.2) is 24.3 Å². The lowest BCUT2D eigenvalue weighted by atomic mass is 10.0. The number of carboxylic acid groups (broad SMARTS) is 1. The second-order valence-electron chi connectivity index (χ2n) is 8.03. The monoisotopic (exact) mass is 428 g/mol. The van der Waals surface area contributed by atoms with Gasteiger partial charge < -0.3 is 24.2 Å². The Morgan fingerprint density at radius 1 is 1.35 bits per heavy atom. The number of amides is 2. The van der Waals surface area contributed by atoms with Gasteiger partial charge in [-0.25, -0.2) is 4.98 Å². The number of carbonyl (C=O) groups excluding carboxylic acids is 2. The number of carbonyl (C=O) groups is 3. The molecule has 0 bridgehead atoms. The number of aryl methyl sites for hydroxylation is 2. The zero-order valence-corrected chi connectivity index (χ0v) is 17.7. The Hall–Kier alpha value is -2.94. The number of imidazole rings is 1. The van der Waals surface area contributed by atoms with Crippen molar-refractivity contribution in [2.45, 2.75) is 57.3 Å². The van der Waals surface area contributed by atoms with Crippen molar-refractivity contribution in [1.82, 2.24) is 19.4 Å². The Bertz CT molecular complexity index is 989. The summed E-state index contributed by atoms with van der Waals surface area (Å²) >= 11 is 0. The van der Waals surface area contributed by atoms with E-state index in [0.717, 1.165) is 42.7 Å². The summed E-state index contributed by atoms with van der Waals surface area (Å²) in [5.74, 6) is 1.23. The molecule has 0 saturated carbocycles. The Morgan fingerprint density at radius 3 is 2.90 bits per heavy atom. The average molecular weight is 428 g/mol. The number of nitrogens with zero attached hydrogens (tertiary/aromatic N) is 4. The van der Waals surface area contributed by atoms with E-state index in [4.69, 9.17) is 14.6 Å². The maximum atomic E-state index is 13.1. The van der Waals surface area contributed by atoms with Crippen molar-refractivity contribution in [2.75, 3.05) is 19.7 Å². The van der Waals surface area contributed by atoms with Crippen molar-refractivity contribution >= 4 is 29.3 Å². The summed E-state index contributed by atoms with van der Waals surface area (Å²) in [6.07, 6.45) is 3.23. The van der Waals surface area contributed by atoms with E-state index in [1.54, 1.807) is 0 Å². The van der Waals surface area contributed by atoms with Gasteiger partial charge in [0.2, 0.25) is 11.8 Å². The molecule has 1 spiro atoms. The largest absolute Gasteiger partial charge is 0.483 e. The van der Waals surface area contributed by atoms with Crippen molar-refractivity contribution in [3.05, 3.63) is 30.1 Å². The van der Waals surface area contributed by atoms with Crippen LogP contribution in [0, 0.1) is 0 Å². The molecule has 3 saturated heterocycles. The standard InChI is InChI=1S/C21H26N4O3.CH2O2/c1-2-18-22-15-6-3-4-7-16(15)23(18)11-8-19(26)24-12-9-21-17(24)14-20(27)25(21)10-5-13-28-21;2-1-3/h3-4,6-7,17H,2,5,8-14H2,1H3;1H,(H,2,3)/t17-,21+;/m1./s1. The minimum absolute atomic E-state index is 0.102. The zero-order valence-electron chi connectivity index (χ0n) is 17.7. The number of benzene rings is 1. The van der Waals surface area contributed by atoms with Gasteiger partial charge in [0.15, 0.2) is 5.72 Å². The van der Waals surface area contributed by atoms with Crippen LogP contribution < -0.4 is 0 Å². The van der Waals surface area contributed by atoms with Gasteiger partial charge in [0.1, 0.15) is 5.82 Å². The summed E-state index contributed by atoms with van der Waals surface area (Å²) in [6, 6.07) is 7.92. The maximum Gasteiger partial charge on any atom is 0.290 e. The average Bonchev–Trinajstić information content (AvgIpc) is 3.40. The summed E-state index contributed by atoms with van der Waals surface area (Å²) in [5, 5.41) is 6.89. The van der Waals surface area contributed by atoms with E-state index >= 15 is 0 Å². The van der Waals surface area contributed by atoms with Crippen LogP contribution in [-0.2, 0) is 32.1 Å². The fourth-order valence-corrected chi connectivity index (χ4v) is 5.24. The third-order valence-corrected chi connectivity index (χ3v) is 6.53. The molecule has 3 aliphatic heterocycles. The Kier molecular flexibility index (Phi) is 5.95. The molecule has 2 atom stereocenters. The lowest BCUT2D eigenvalue weighted by Crippen LogP contribution is -2.56. The van der Waals surface area contributed by atoms with Crippen LogP contribution >= 0.6 is 0 Å². The van der Waals surface area contributed by atoms with E-state index in [-0.39, 0.29) is 24.3 Å². The number of hydrogen-bond donors (Lipinski definition) is 1. The van der Waals surface area contributed by atoms with E-state index in [2.05, 4.69) is 22.5 Å². The number of ether oxygens (including phenoxy) is 1. The fourth-order valence-electron chi connectivity index (χ4n) is 5.24. The van der Waals surface area contributed by atoms with Crippen molar-refractivity contribution in [3.8, 4) is 0 Å². The van der Waals surface area contributed by atoms with Crippen LogP contribution in [0.3, 0.4) is 0 Å². The van der Waals surface area contributed by atoms with E-state index < -0.39 is 5.72 Å². The van der Waals surface area contributed by atoms with Crippen LogP contribution in [0.2, 0.25) is 0 Å². The van der Waals surface area contributed by atoms with Gasteiger partial charge in [-0.15, -0.1) is 0 Å². The van der Waals surface area contributed by atoms with Gasteiger partial charge in [-0.1, -0.05) is 19.1 Å².